The van der Waals surface area contributed by atoms with Crippen molar-refractivity contribution in [3.05, 3.63) is 35.7 Å². The maximum absolute atomic E-state index is 4.72. The van der Waals surface area contributed by atoms with E-state index >= 15 is 0 Å². The molecular formula is C14H15N3S3. The van der Waals surface area contributed by atoms with Gasteiger partial charge in [-0.1, -0.05) is 30.3 Å². The fourth-order valence-electron chi connectivity index (χ4n) is 2.01. The van der Waals surface area contributed by atoms with Crippen molar-refractivity contribution in [3.8, 4) is 11.3 Å². The van der Waals surface area contributed by atoms with E-state index in [0.717, 1.165) is 37.0 Å². The van der Waals surface area contributed by atoms with E-state index in [1.54, 1.807) is 11.3 Å². The molecule has 1 saturated heterocycles. The number of anilines is 1. The van der Waals surface area contributed by atoms with Gasteiger partial charge in [0.2, 0.25) is 0 Å². The van der Waals surface area contributed by atoms with E-state index in [1.807, 2.05) is 10.4 Å². The zero-order valence-corrected chi connectivity index (χ0v) is 13.4. The first-order valence-corrected chi connectivity index (χ1v) is 8.00. The molecule has 3 rings (SSSR count). The van der Waals surface area contributed by atoms with E-state index < -0.39 is 0 Å². The normalized spacial score (nSPS) is 14.1. The number of rotatable bonds is 2. The van der Waals surface area contributed by atoms with Crippen molar-refractivity contribution in [1.29, 1.82) is 0 Å². The smallest absolute Gasteiger partial charge is 0.185 e. The Morgan fingerprint density at radius 1 is 1.15 bits per heavy atom. The fraction of sp³-hybridized carbons (Fsp3) is 0.286. The van der Waals surface area contributed by atoms with Gasteiger partial charge in [0.25, 0.3) is 0 Å². The van der Waals surface area contributed by atoms with Gasteiger partial charge < -0.3 is 10.2 Å². The summed E-state index contributed by atoms with van der Waals surface area (Å²) in [5, 5.41) is 6.65. The average Bonchev–Trinajstić information content (AvgIpc) is 3.00. The molecule has 0 radical (unpaired) electrons. The van der Waals surface area contributed by atoms with E-state index in [1.165, 1.54) is 5.56 Å². The third-order valence-corrected chi connectivity index (χ3v) is 3.85. The molecule has 0 amide bonds. The van der Waals surface area contributed by atoms with Crippen molar-refractivity contribution in [2.24, 2.45) is 0 Å². The van der Waals surface area contributed by atoms with Gasteiger partial charge in [0.05, 0.1) is 5.69 Å². The van der Waals surface area contributed by atoms with Gasteiger partial charge in [0.15, 0.2) is 5.13 Å². The molecule has 0 unspecified atom stereocenters. The Balaban J connectivity index is 0.000000452. The van der Waals surface area contributed by atoms with Crippen LogP contribution in [0.25, 0.3) is 11.3 Å². The summed E-state index contributed by atoms with van der Waals surface area (Å²) in [6.07, 6.45) is 0. The number of aromatic nitrogens is 1. The lowest BCUT2D eigenvalue weighted by molar-refractivity contribution is 0.588. The molecule has 0 bridgehead atoms. The zero-order valence-electron chi connectivity index (χ0n) is 10.9. The summed E-state index contributed by atoms with van der Waals surface area (Å²) < 4.78 is 1.92. The molecule has 1 aliphatic rings. The molecule has 1 aliphatic heterocycles. The minimum absolute atomic E-state index is 1.06. The van der Waals surface area contributed by atoms with Gasteiger partial charge in [-0.2, -0.15) is 0 Å². The largest absolute Gasteiger partial charge is 0.346 e. The van der Waals surface area contributed by atoms with Crippen molar-refractivity contribution < 1.29 is 0 Å². The molecule has 2 aromatic rings. The summed E-state index contributed by atoms with van der Waals surface area (Å²) in [5.41, 5.74) is 2.29. The number of benzene rings is 1. The first-order chi connectivity index (χ1) is 9.85. The number of hydrogen-bond acceptors (Lipinski definition) is 6. The zero-order chi connectivity index (χ0) is 14.2. The number of nitrogens with zero attached hydrogens (tertiary/aromatic N) is 2. The van der Waals surface area contributed by atoms with Crippen molar-refractivity contribution in [2.45, 2.75) is 0 Å². The Morgan fingerprint density at radius 2 is 1.80 bits per heavy atom. The number of thiocarbonyl (C=S) groups is 2. The molecule has 1 aromatic carbocycles. The molecule has 20 heavy (non-hydrogen) atoms. The predicted octanol–water partition coefficient (Wildman–Crippen LogP) is 3.24. The highest BCUT2D eigenvalue weighted by molar-refractivity contribution is 7.93. The van der Waals surface area contributed by atoms with Crippen LogP contribution in [0.4, 0.5) is 5.13 Å². The molecule has 0 atom stereocenters. The second kappa shape index (κ2) is 8.19. The van der Waals surface area contributed by atoms with Gasteiger partial charge in [-0.3, -0.25) is 0 Å². The predicted molar refractivity (Wildman–Crippen MR) is 92.8 cm³/mol. The van der Waals surface area contributed by atoms with Gasteiger partial charge in [-0.15, -0.1) is 11.3 Å². The number of thiazole rings is 1. The maximum atomic E-state index is 4.72. The molecule has 2 heterocycles. The highest BCUT2D eigenvalue weighted by Gasteiger charge is 2.14. The van der Waals surface area contributed by atoms with Crippen LogP contribution in [-0.4, -0.2) is 35.5 Å². The van der Waals surface area contributed by atoms with Crippen molar-refractivity contribution >= 4 is 45.2 Å². The van der Waals surface area contributed by atoms with E-state index in [4.69, 9.17) is 4.98 Å². The van der Waals surface area contributed by atoms with Crippen LogP contribution in [-0.2, 0) is 0 Å². The third-order valence-electron chi connectivity index (χ3n) is 2.95. The highest BCUT2D eigenvalue weighted by atomic mass is 32.1. The fourth-order valence-corrected chi connectivity index (χ4v) is 2.90. The summed E-state index contributed by atoms with van der Waals surface area (Å²) >= 11 is 9.65. The second-order valence-corrected chi connectivity index (χ2v) is 5.70. The quantitative estimate of drug-likeness (QED) is 0.858. The second-order valence-electron chi connectivity index (χ2n) is 4.20. The Hall–Kier alpha value is -1.17. The van der Waals surface area contributed by atoms with Gasteiger partial charge in [0.1, 0.15) is 0 Å². The van der Waals surface area contributed by atoms with Crippen LogP contribution in [0.15, 0.2) is 35.7 Å². The van der Waals surface area contributed by atoms with E-state index in [-0.39, 0.29) is 0 Å². The summed E-state index contributed by atoms with van der Waals surface area (Å²) in [5.74, 6) is 0. The Labute approximate surface area is 133 Å². The Morgan fingerprint density at radius 3 is 2.45 bits per heavy atom. The molecule has 6 heteroatoms. The molecular weight excluding hydrogens is 306 g/mol. The number of piperazine rings is 1. The minimum atomic E-state index is 1.06. The van der Waals surface area contributed by atoms with Crippen molar-refractivity contribution in [1.82, 2.24) is 10.3 Å². The topological polar surface area (TPSA) is 28.2 Å². The van der Waals surface area contributed by atoms with E-state index in [2.05, 4.69) is 64.3 Å². The minimum Gasteiger partial charge on any atom is -0.346 e. The Kier molecular flexibility index (Phi) is 6.24. The monoisotopic (exact) mass is 321 g/mol. The highest BCUT2D eigenvalue weighted by Crippen LogP contribution is 2.27. The molecule has 0 saturated carbocycles. The van der Waals surface area contributed by atoms with Gasteiger partial charge in [-0.25, -0.2) is 4.98 Å². The van der Waals surface area contributed by atoms with Crippen molar-refractivity contribution in [2.75, 3.05) is 31.1 Å². The first-order valence-electron chi connectivity index (χ1n) is 6.31. The average molecular weight is 321 g/mol. The molecule has 1 N–H and O–H groups in total. The standard InChI is InChI=1S/C13H15N3S.CS2/c1-2-4-11(5-3-1)12-10-17-13(15-12)16-8-6-14-7-9-16;2-1-3/h1-5,10,14H,6-9H2;. The van der Waals surface area contributed by atoms with Crippen molar-refractivity contribution in [3.63, 3.8) is 0 Å². The molecule has 0 aliphatic carbocycles. The summed E-state index contributed by atoms with van der Waals surface area (Å²) in [4.78, 5) is 7.08. The molecule has 1 fully saturated rings. The lowest BCUT2D eigenvalue weighted by atomic mass is 10.2. The van der Waals surface area contributed by atoms with Gasteiger partial charge >= 0.3 is 0 Å². The van der Waals surface area contributed by atoms with Crippen LogP contribution in [0.3, 0.4) is 0 Å². The van der Waals surface area contributed by atoms with Crippen LogP contribution in [0.1, 0.15) is 0 Å². The lowest BCUT2D eigenvalue weighted by Gasteiger charge is -2.26. The number of nitrogens with one attached hydrogen (secondary N) is 1. The summed E-state index contributed by atoms with van der Waals surface area (Å²) in [7, 11) is 0. The molecule has 0 spiro atoms. The maximum Gasteiger partial charge on any atom is 0.185 e. The summed E-state index contributed by atoms with van der Waals surface area (Å²) in [6.45, 7) is 4.23. The first kappa shape index (κ1) is 15.2. The number of hydrogen-bond donors (Lipinski definition) is 1. The summed E-state index contributed by atoms with van der Waals surface area (Å²) in [6, 6.07) is 10.4. The van der Waals surface area contributed by atoms with Crippen LogP contribution in [0.2, 0.25) is 0 Å². The van der Waals surface area contributed by atoms with Gasteiger partial charge in [-0.05, 0) is 24.4 Å². The van der Waals surface area contributed by atoms with Crippen LogP contribution >= 0.6 is 35.8 Å². The lowest BCUT2D eigenvalue weighted by Crippen LogP contribution is -2.43. The van der Waals surface area contributed by atoms with E-state index in [9.17, 15) is 0 Å². The molecule has 3 nitrogen and oxygen atoms in total. The Bertz CT molecular complexity index is 556. The molecule has 1 aromatic heterocycles. The third kappa shape index (κ3) is 4.16. The van der Waals surface area contributed by atoms with Crippen LogP contribution < -0.4 is 10.2 Å². The van der Waals surface area contributed by atoms with Crippen LogP contribution in [0, 0.1) is 0 Å². The van der Waals surface area contributed by atoms with Gasteiger partial charge in [0, 0.05) is 41.4 Å². The van der Waals surface area contributed by atoms with E-state index in [0.29, 0.717) is 0 Å². The van der Waals surface area contributed by atoms with Crippen LogP contribution in [0.5, 0.6) is 0 Å². The SMILES string of the molecule is S=C=S.c1ccc(-c2csc(N3CCNCC3)n2)cc1. The molecule has 104 valence electrons.